The summed E-state index contributed by atoms with van der Waals surface area (Å²) in [6.07, 6.45) is -0.484. The van der Waals surface area contributed by atoms with E-state index in [0.29, 0.717) is 20.9 Å². The van der Waals surface area contributed by atoms with Gasteiger partial charge in [-0.3, -0.25) is 0 Å². The SMILES string of the molecule is CC(Oc1cc(Cl)ccc1Cl)C1N=NC(=S)N1C. The molecule has 1 aliphatic heterocycles. The number of hydrogen-bond acceptors (Lipinski definition) is 3. The lowest BCUT2D eigenvalue weighted by molar-refractivity contribution is 0.142. The van der Waals surface area contributed by atoms with Gasteiger partial charge in [0.05, 0.1) is 5.02 Å². The second-order valence-electron chi connectivity index (χ2n) is 3.92. The fraction of sp³-hybridized carbons (Fsp3) is 0.364. The standard InChI is InChI=1S/C11H11Cl2N3OS/c1-6(10-14-15-11(18)16(10)2)17-9-5-7(12)3-4-8(9)13/h3-6,10H,1-2H3. The van der Waals surface area contributed by atoms with Crippen LogP contribution >= 0.6 is 35.4 Å². The number of likely N-dealkylation sites (N-methyl/N-ethyl adjacent to an activating group) is 1. The van der Waals surface area contributed by atoms with Crippen LogP contribution in [0.3, 0.4) is 0 Å². The lowest BCUT2D eigenvalue weighted by Crippen LogP contribution is -2.39. The number of hydrogen-bond donors (Lipinski definition) is 0. The minimum absolute atomic E-state index is 0.241. The third kappa shape index (κ3) is 2.74. The molecule has 1 aromatic rings. The van der Waals surface area contributed by atoms with Crippen molar-refractivity contribution in [1.82, 2.24) is 4.90 Å². The molecule has 0 bridgehead atoms. The molecule has 2 rings (SSSR count). The van der Waals surface area contributed by atoms with Crippen LogP contribution in [0.2, 0.25) is 10.0 Å². The Balaban J connectivity index is 2.12. The smallest absolute Gasteiger partial charge is 0.217 e. The summed E-state index contributed by atoms with van der Waals surface area (Å²) in [6.45, 7) is 1.88. The molecule has 96 valence electrons. The van der Waals surface area contributed by atoms with Crippen LogP contribution in [-0.2, 0) is 0 Å². The molecule has 0 aliphatic carbocycles. The van der Waals surface area contributed by atoms with Crippen LogP contribution in [0.4, 0.5) is 0 Å². The highest BCUT2D eigenvalue weighted by Crippen LogP contribution is 2.30. The Labute approximate surface area is 121 Å². The number of thiocarbonyl (C=S) groups is 1. The fourth-order valence-corrected chi connectivity index (χ4v) is 2.09. The van der Waals surface area contributed by atoms with Crippen molar-refractivity contribution in [2.45, 2.75) is 19.2 Å². The molecule has 2 atom stereocenters. The maximum Gasteiger partial charge on any atom is 0.217 e. The first kappa shape index (κ1) is 13.5. The van der Waals surface area contributed by atoms with Gasteiger partial charge in [0, 0.05) is 18.1 Å². The van der Waals surface area contributed by atoms with E-state index in [-0.39, 0.29) is 12.3 Å². The molecule has 0 fully saturated rings. The molecule has 0 saturated carbocycles. The highest BCUT2D eigenvalue weighted by molar-refractivity contribution is 7.80. The Morgan fingerprint density at radius 2 is 2.17 bits per heavy atom. The van der Waals surface area contributed by atoms with E-state index in [4.69, 9.17) is 40.2 Å². The second-order valence-corrected chi connectivity index (χ2v) is 5.13. The molecule has 0 aromatic heterocycles. The number of ether oxygens (including phenoxy) is 1. The van der Waals surface area contributed by atoms with E-state index in [0.717, 1.165) is 0 Å². The van der Waals surface area contributed by atoms with Gasteiger partial charge in [0.15, 0.2) is 6.17 Å². The van der Waals surface area contributed by atoms with Crippen LogP contribution in [0, 0.1) is 0 Å². The van der Waals surface area contributed by atoms with Gasteiger partial charge < -0.3 is 9.64 Å². The van der Waals surface area contributed by atoms with Crippen molar-refractivity contribution in [3.05, 3.63) is 28.2 Å². The van der Waals surface area contributed by atoms with Crippen molar-refractivity contribution in [3.63, 3.8) is 0 Å². The van der Waals surface area contributed by atoms with Gasteiger partial charge in [0.25, 0.3) is 0 Å². The first-order valence-electron chi connectivity index (χ1n) is 5.28. The lowest BCUT2D eigenvalue weighted by atomic mass is 10.3. The molecule has 0 radical (unpaired) electrons. The monoisotopic (exact) mass is 303 g/mol. The third-order valence-electron chi connectivity index (χ3n) is 2.59. The van der Waals surface area contributed by atoms with Crippen molar-refractivity contribution in [2.24, 2.45) is 10.2 Å². The average molecular weight is 304 g/mol. The Morgan fingerprint density at radius 1 is 1.44 bits per heavy atom. The predicted molar refractivity (Wildman–Crippen MR) is 75.6 cm³/mol. The van der Waals surface area contributed by atoms with Crippen LogP contribution in [0.5, 0.6) is 5.75 Å². The molecule has 2 unspecified atom stereocenters. The zero-order chi connectivity index (χ0) is 13.3. The summed E-state index contributed by atoms with van der Waals surface area (Å²) >= 11 is 16.9. The molecule has 7 heteroatoms. The average Bonchev–Trinajstić information content (AvgIpc) is 2.65. The summed E-state index contributed by atoms with van der Waals surface area (Å²) in [7, 11) is 1.83. The second kappa shape index (κ2) is 5.38. The van der Waals surface area contributed by atoms with Crippen molar-refractivity contribution in [3.8, 4) is 5.75 Å². The summed E-state index contributed by atoms with van der Waals surface area (Å²) < 4.78 is 5.76. The van der Waals surface area contributed by atoms with E-state index >= 15 is 0 Å². The summed E-state index contributed by atoms with van der Waals surface area (Å²) in [6, 6.07) is 5.07. The number of halogens is 2. The van der Waals surface area contributed by atoms with E-state index in [1.54, 1.807) is 23.1 Å². The molecule has 18 heavy (non-hydrogen) atoms. The van der Waals surface area contributed by atoms with Gasteiger partial charge in [-0.1, -0.05) is 23.2 Å². The fourth-order valence-electron chi connectivity index (χ4n) is 1.61. The maximum absolute atomic E-state index is 6.03. The molecule has 0 saturated heterocycles. The molecular weight excluding hydrogens is 293 g/mol. The van der Waals surface area contributed by atoms with Crippen LogP contribution in [0.15, 0.2) is 28.4 Å². The highest BCUT2D eigenvalue weighted by atomic mass is 35.5. The van der Waals surface area contributed by atoms with Crippen LogP contribution in [0.25, 0.3) is 0 Å². The van der Waals surface area contributed by atoms with E-state index in [2.05, 4.69) is 10.2 Å². The summed E-state index contributed by atoms with van der Waals surface area (Å²) in [4.78, 5) is 1.78. The van der Waals surface area contributed by atoms with Crippen molar-refractivity contribution < 1.29 is 4.74 Å². The Hall–Kier alpha value is -0.910. The van der Waals surface area contributed by atoms with Crippen molar-refractivity contribution >= 4 is 40.5 Å². The van der Waals surface area contributed by atoms with Gasteiger partial charge in [0.2, 0.25) is 5.11 Å². The zero-order valence-electron chi connectivity index (χ0n) is 9.80. The third-order valence-corrected chi connectivity index (χ3v) is 3.50. The van der Waals surface area contributed by atoms with Crippen LogP contribution in [-0.4, -0.2) is 29.3 Å². The van der Waals surface area contributed by atoms with Crippen molar-refractivity contribution in [1.29, 1.82) is 0 Å². The molecule has 1 aromatic carbocycles. The molecule has 1 aliphatic rings. The minimum atomic E-state index is -0.243. The zero-order valence-corrected chi connectivity index (χ0v) is 12.1. The summed E-state index contributed by atoms with van der Waals surface area (Å²) in [5.41, 5.74) is 0. The molecule has 0 N–H and O–H groups in total. The van der Waals surface area contributed by atoms with E-state index in [1.807, 2.05) is 14.0 Å². The maximum atomic E-state index is 6.03. The van der Waals surface area contributed by atoms with E-state index in [1.165, 1.54) is 0 Å². The Bertz CT molecular complexity index is 509. The lowest BCUT2D eigenvalue weighted by Gasteiger charge is -2.24. The van der Waals surface area contributed by atoms with Gasteiger partial charge in [0.1, 0.15) is 11.9 Å². The number of azo groups is 1. The first-order chi connectivity index (χ1) is 8.49. The topological polar surface area (TPSA) is 37.2 Å². The quantitative estimate of drug-likeness (QED) is 0.798. The molecule has 4 nitrogen and oxygen atoms in total. The largest absolute Gasteiger partial charge is 0.485 e. The van der Waals surface area contributed by atoms with Gasteiger partial charge in [-0.15, -0.1) is 5.11 Å². The summed E-state index contributed by atoms with van der Waals surface area (Å²) in [5, 5.41) is 9.42. The van der Waals surface area contributed by atoms with Crippen molar-refractivity contribution in [2.75, 3.05) is 7.05 Å². The Kier molecular flexibility index (Phi) is 4.04. The van der Waals surface area contributed by atoms with E-state index in [9.17, 15) is 0 Å². The van der Waals surface area contributed by atoms with Crippen LogP contribution in [0.1, 0.15) is 6.92 Å². The minimum Gasteiger partial charge on any atom is -0.485 e. The number of benzene rings is 1. The molecule has 1 heterocycles. The molecule has 0 spiro atoms. The van der Waals surface area contributed by atoms with Gasteiger partial charge >= 0.3 is 0 Å². The molecule has 0 amide bonds. The molecular formula is C11H11Cl2N3OS. The number of nitrogens with zero attached hydrogens (tertiary/aromatic N) is 3. The first-order valence-corrected chi connectivity index (χ1v) is 6.45. The summed E-state index contributed by atoms with van der Waals surface area (Å²) in [5.74, 6) is 0.526. The van der Waals surface area contributed by atoms with Crippen LogP contribution < -0.4 is 4.74 Å². The van der Waals surface area contributed by atoms with Gasteiger partial charge in [-0.2, -0.15) is 5.11 Å². The number of rotatable bonds is 3. The van der Waals surface area contributed by atoms with Gasteiger partial charge in [-0.05, 0) is 31.3 Å². The normalized spacial score (nSPS) is 20.3. The van der Waals surface area contributed by atoms with E-state index < -0.39 is 0 Å². The highest BCUT2D eigenvalue weighted by Gasteiger charge is 2.29. The Morgan fingerprint density at radius 3 is 2.78 bits per heavy atom. The van der Waals surface area contributed by atoms with Gasteiger partial charge in [-0.25, -0.2) is 0 Å². The predicted octanol–water partition coefficient (Wildman–Crippen LogP) is 3.77.